The summed E-state index contributed by atoms with van der Waals surface area (Å²) in [7, 11) is 3.22. The average Bonchev–Trinajstić information content (AvgIpc) is 2.70. The number of likely N-dealkylation sites (N-methyl/N-ethyl adjacent to an activating group) is 1. The third-order valence-electron chi connectivity index (χ3n) is 3.23. The van der Waals surface area contributed by atoms with E-state index in [0.717, 1.165) is 12.1 Å². The Labute approximate surface area is 124 Å². The van der Waals surface area contributed by atoms with Crippen LogP contribution in [-0.2, 0) is 11.0 Å². The van der Waals surface area contributed by atoms with Crippen LogP contribution in [0.25, 0.3) is 11.0 Å². The number of halogens is 3. The van der Waals surface area contributed by atoms with E-state index in [-0.39, 0.29) is 16.2 Å². The minimum absolute atomic E-state index is 0.188. The van der Waals surface area contributed by atoms with Crippen LogP contribution in [0.1, 0.15) is 18.5 Å². The highest BCUT2D eigenvalue weighted by molar-refractivity contribution is 7.71. The summed E-state index contributed by atoms with van der Waals surface area (Å²) in [5.74, 6) is -0.188. The van der Waals surface area contributed by atoms with Gasteiger partial charge in [0.05, 0.1) is 16.6 Å². The van der Waals surface area contributed by atoms with Gasteiger partial charge in [0.15, 0.2) is 4.77 Å². The number of rotatable bonds is 2. The molecule has 1 aromatic heterocycles. The van der Waals surface area contributed by atoms with Crippen LogP contribution in [0.5, 0.6) is 0 Å². The third-order valence-corrected chi connectivity index (χ3v) is 3.53. The molecule has 1 aromatic carbocycles. The normalized spacial score (nSPS) is 13.4. The zero-order valence-electron chi connectivity index (χ0n) is 11.7. The minimum Gasteiger partial charge on any atom is -0.347 e. The van der Waals surface area contributed by atoms with Crippen molar-refractivity contribution in [2.45, 2.75) is 19.1 Å². The molecule has 1 amide bonds. The Kier molecular flexibility index (Phi) is 3.83. The second kappa shape index (κ2) is 5.18. The summed E-state index contributed by atoms with van der Waals surface area (Å²) < 4.78 is 39.9. The molecule has 1 unspecified atom stereocenters. The van der Waals surface area contributed by atoms with E-state index in [1.165, 1.54) is 15.5 Å². The van der Waals surface area contributed by atoms with Gasteiger partial charge in [-0.05, 0) is 37.3 Å². The highest BCUT2D eigenvalue weighted by Gasteiger charge is 2.31. The molecule has 0 aliphatic carbocycles. The van der Waals surface area contributed by atoms with Crippen molar-refractivity contribution in [2.24, 2.45) is 0 Å². The van der Waals surface area contributed by atoms with Gasteiger partial charge in [-0.2, -0.15) is 13.2 Å². The second-order valence-corrected chi connectivity index (χ2v) is 5.33. The zero-order chi connectivity index (χ0) is 15.9. The van der Waals surface area contributed by atoms with Crippen molar-refractivity contribution in [2.75, 3.05) is 14.1 Å². The molecule has 0 bridgehead atoms. The molecule has 0 aliphatic rings. The Morgan fingerprint density at radius 3 is 2.52 bits per heavy atom. The number of H-pyrrole nitrogens is 1. The van der Waals surface area contributed by atoms with E-state index in [1.807, 2.05) is 0 Å². The standard InChI is InChI=1S/C13H14F3N3OS/c1-7(11(20)18(2)3)19-10-5-4-8(13(14,15)16)6-9(10)17-12(19)21/h4-7H,1-3H3,(H,17,21). The first-order valence-corrected chi connectivity index (χ1v) is 6.56. The number of imidazole rings is 1. The number of benzene rings is 1. The van der Waals surface area contributed by atoms with Gasteiger partial charge >= 0.3 is 6.18 Å². The average molecular weight is 317 g/mol. The van der Waals surface area contributed by atoms with Crippen molar-refractivity contribution in [3.63, 3.8) is 0 Å². The van der Waals surface area contributed by atoms with Crippen molar-refractivity contribution in [3.8, 4) is 0 Å². The van der Waals surface area contributed by atoms with Crippen LogP contribution in [0.2, 0.25) is 0 Å². The fourth-order valence-corrected chi connectivity index (χ4v) is 2.54. The van der Waals surface area contributed by atoms with Gasteiger partial charge in [-0.1, -0.05) is 0 Å². The highest BCUT2D eigenvalue weighted by Crippen LogP contribution is 2.32. The molecule has 21 heavy (non-hydrogen) atoms. The van der Waals surface area contributed by atoms with Crippen LogP contribution in [-0.4, -0.2) is 34.5 Å². The number of fused-ring (bicyclic) bond motifs is 1. The lowest BCUT2D eigenvalue weighted by atomic mass is 10.2. The first-order valence-electron chi connectivity index (χ1n) is 6.15. The number of carbonyl (C=O) groups is 1. The van der Waals surface area contributed by atoms with Crippen LogP contribution in [0.4, 0.5) is 13.2 Å². The van der Waals surface area contributed by atoms with Crippen LogP contribution in [0, 0.1) is 4.77 Å². The van der Waals surface area contributed by atoms with Crippen molar-refractivity contribution in [1.82, 2.24) is 14.5 Å². The maximum Gasteiger partial charge on any atom is 0.416 e. The van der Waals surface area contributed by atoms with E-state index >= 15 is 0 Å². The van der Waals surface area contributed by atoms with Gasteiger partial charge in [-0.15, -0.1) is 0 Å². The molecule has 0 spiro atoms. The fourth-order valence-electron chi connectivity index (χ4n) is 2.18. The van der Waals surface area contributed by atoms with Gasteiger partial charge in [-0.25, -0.2) is 0 Å². The van der Waals surface area contributed by atoms with Gasteiger partial charge in [0.1, 0.15) is 6.04 Å². The molecule has 1 N–H and O–H groups in total. The Morgan fingerprint density at radius 2 is 2.00 bits per heavy atom. The molecule has 2 rings (SSSR count). The van der Waals surface area contributed by atoms with Gasteiger partial charge < -0.3 is 14.5 Å². The smallest absolute Gasteiger partial charge is 0.347 e. The molecular formula is C13H14F3N3OS. The van der Waals surface area contributed by atoms with Crippen LogP contribution in [0.3, 0.4) is 0 Å². The van der Waals surface area contributed by atoms with Crippen LogP contribution < -0.4 is 0 Å². The summed E-state index contributed by atoms with van der Waals surface area (Å²) in [6.07, 6.45) is -4.42. The number of aromatic amines is 1. The van der Waals surface area contributed by atoms with E-state index < -0.39 is 17.8 Å². The summed E-state index contributed by atoms with van der Waals surface area (Å²) in [5, 5.41) is 0. The lowest BCUT2D eigenvalue weighted by Crippen LogP contribution is -2.29. The molecule has 114 valence electrons. The summed E-state index contributed by atoms with van der Waals surface area (Å²) in [4.78, 5) is 16.2. The Hall–Kier alpha value is -1.83. The van der Waals surface area contributed by atoms with Crippen molar-refractivity contribution in [1.29, 1.82) is 0 Å². The maximum absolute atomic E-state index is 12.7. The largest absolute Gasteiger partial charge is 0.416 e. The predicted octanol–water partition coefficient (Wildman–Crippen LogP) is 3.37. The quantitative estimate of drug-likeness (QED) is 0.863. The summed E-state index contributed by atoms with van der Waals surface area (Å²) in [5.41, 5.74) is -0.0334. The summed E-state index contributed by atoms with van der Waals surface area (Å²) in [6.45, 7) is 1.66. The molecule has 4 nitrogen and oxygen atoms in total. The lowest BCUT2D eigenvalue weighted by molar-refractivity contribution is -0.137. The molecule has 0 saturated heterocycles. The second-order valence-electron chi connectivity index (χ2n) is 4.94. The minimum atomic E-state index is -4.42. The summed E-state index contributed by atoms with van der Waals surface area (Å²) >= 11 is 5.13. The maximum atomic E-state index is 12.7. The fraction of sp³-hybridized carbons (Fsp3) is 0.385. The monoisotopic (exact) mass is 317 g/mol. The summed E-state index contributed by atoms with van der Waals surface area (Å²) in [6, 6.07) is 2.70. The third kappa shape index (κ3) is 2.80. The van der Waals surface area contributed by atoms with Gasteiger partial charge in [-0.3, -0.25) is 4.79 Å². The Morgan fingerprint density at radius 1 is 1.38 bits per heavy atom. The zero-order valence-corrected chi connectivity index (χ0v) is 12.5. The molecule has 2 aromatic rings. The van der Waals surface area contributed by atoms with Gasteiger partial charge in [0.2, 0.25) is 5.91 Å². The van der Waals surface area contributed by atoms with Crippen molar-refractivity contribution in [3.05, 3.63) is 28.5 Å². The van der Waals surface area contributed by atoms with E-state index in [4.69, 9.17) is 12.2 Å². The number of carbonyl (C=O) groups excluding carboxylic acids is 1. The predicted molar refractivity (Wildman–Crippen MR) is 75.5 cm³/mol. The number of amides is 1. The number of nitrogens with one attached hydrogen (secondary N) is 1. The number of alkyl halides is 3. The van der Waals surface area contributed by atoms with Crippen molar-refractivity contribution < 1.29 is 18.0 Å². The molecule has 0 aliphatic heterocycles. The number of hydrogen-bond donors (Lipinski definition) is 1. The van der Waals surface area contributed by atoms with E-state index in [1.54, 1.807) is 21.0 Å². The van der Waals surface area contributed by atoms with Crippen LogP contribution >= 0.6 is 12.2 Å². The van der Waals surface area contributed by atoms with Gasteiger partial charge in [0.25, 0.3) is 0 Å². The first kappa shape index (κ1) is 15.6. The van der Waals surface area contributed by atoms with Crippen molar-refractivity contribution >= 4 is 29.2 Å². The molecule has 0 saturated carbocycles. The van der Waals surface area contributed by atoms with E-state index in [0.29, 0.717) is 5.52 Å². The van der Waals surface area contributed by atoms with E-state index in [9.17, 15) is 18.0 Å². The first-order chi connectivity index (χ1) is 9.62. The Bertz CT molecular complexity index is 745. The highest BCUT2D eigenvalue weighted by atomic mass is 32.1. The topological polar surface area (TPSA) is 41.0 Å². The lowest BCUT2D eigenvalue weighted by Gasteiger charge is -2.18. The molecule has 1 heterocycles. The number of hydrogen-bond acceptors (Lipinski definition) is 2. The van der Waals surface area contributed by atoms with Gasteiger partial charge in [0, 0.05) is 14.1 Å². The van der Waals surface area contributed by atoms with Crippen LogP contribution in [0.15, 0.2) is 18.2 Å². The number of aromatic nitrogens is 2. The Balaban J connectivity index is 2.59. The molecular weight excluding hydrogens is 303 g/mol. The number of nitrogens with zero attached hydrogens (tertiary/aromatic N) is 2. The molecule has 0 radical (unpaired) electrons. The molecule has 1 atom stereocenters. The molecule has 0 fully saturated rings. The SMILES string of the molecule is CC(C(=O)N(C)C)n1c(=S)[nH]c2cc(C(F)(F)F)ccc21. The molecule has 8 heteroatoms. The van der Waals surface area contributed by atoms with E-state index in [2.05, 4.69) is 4.98 Å².